The standard InChI is InChI=1S/C4H14O5Si4/c1-10(2)7-12(5)9-13(6)8-11(3)4/h10-11H,1-4H3. The molecule has 0 radical (unpaired) electrons. The van der Waals surface area contributed by atoms with Crippen molar-refractivity contribution in [3.05, 3.63) is 0 Å². The lowest BCUT2D eigenvalue weighted by Gasteiger charge is -2.08. The van der Waals surface area contributed by atoms with Crippen LogP contribution in [0.2, 0.25) is 26.2 Å². The summed E-state index contributed by atoms with van der Waals surface area (Å²) in [6.07, 6.45) is 0. The molecule has 0 aliphatic rings. The Hall–Kier alpha value is -0.132. The van der Waals surface area contributed by atoms with Crippen molar-refractivity contribution in [1.29, 1.82) is 0 Å². The van der Waals surface area contributed by atoms with Gasteiger partial charge in [-0.2, -0.15) is 0 Å². The third-order valence-corrected chi connectivity index (χ3v) is 7.47. The Morgan fingerprint density at radius 1 is 0.846 bits per heavy atom. The summed E-state index contributed by atoms with van der Waals surface area (Å²) >= 11 is 0. The first kappa shape index (κ1) is 12.9. The summed E-state index contributed by atoms with van der Waals surface area (Å²) in [7, 11) is -7.95. The van der Waals surface area contributed by atoms with E-state index in [0.29, 0.717) is 0 Å². The second kappa shape index (κ2) is 6.34. The summed E-state index contributed by atoms with van der Waals surface area (Å²) in [6, 6.07) is 0. The van der Waals surface area contributed by atoms with Crippen LogP contribution in [0.4, 0.5) is 0 Å². The van der Waals surface area contributed by atoms with E-state index in [9.17, 15) is 8.92 Å². The van der Waals surface area contributed by atoms with E-state index in [1.165, 1.54) is 0 Å². The van der Waals surface area contributed by atoms with Crippen LogP contribution in [0.15, 0.2) is 0 Å². The van der Waals surface area contributed by atoms with Gasteiger partial charge in [-0.25, -0.2) is 0 Å². The Kier molecular flexibility index (Phi) is 6.28. The Labute approximate surface area is 84.3 Å². The molecule has 0 aromatic heterocycles. The smallest absolute Gasteiger partial charge is 0.555 e. The Morgan fingerprint density at radius 3 is 1.38 bits per heavy atom. The van der Waals surface area contributed by atoms with Crippen LogP contribution in [0.3, 0.4) is 0 Å². The van der Waals surface area contributed by atoms with Gasteiger partial charge in [-0.15, -0.1) is 0 Å². The summed E-state index contributed by atoms with van der Waals surface area (Å²) in [6.45, 7) is 7.45. The van der Waals surface area contributed by atoms with Crippen molar-refractivity contribution in [2.45, 2.75) is 26.2 Å². The highest BCUT2D eigenvalue weighted by molar-refractivity contribution is 6.61. The van der Waals surface area contributed by atoms with Gasteiger partial charge < -0.3 is 12.3 Å². The summed E-state index contributed by atoms with van der Waals surface area (Å²) < 4.78 is 36.4. The molecule has 0 aliphatic carbocycles. The SMILES string of the molecule is C[SiH](C)O[Si](=O)O[Si](=O)O[SiH](C)C. The predicted molar refractivity (Wildman–Crippen MR) is 53.9 cm³/mol. The maximum atomic E-state index is 11.0. The molecule has 0 rings (SSSR count). The van der Waals surface area contributed by atoms with Crippen molar-refractivity contribution >= 4 is 36.4 Å². The van der Waals surface area contributed by atoms with Crippen LogP contribution in [0, 0.1) is 0 Å². The van der Waals surface area contributed by atoms with Crippen LogP contribution in [-0.4, -0.2) is 36.4 Å². The average Bonchev–Trinajstić information content (AvgIpc) is 1.80. The highest BCUT2D eigenvalue weighted by Crippen LogP contribution is 1.89. The number of hydrogen-bond acceptors (Lipinski definition) is 5. The van der Waals surface area contributed by atoms with E-state index in [2.05, 4.69) is 4.12 Å². The van der Waals surface area contributed by atoms with Gasteiger partial charge in [-0.3, -0.25) is 8.92 Å². The van der Waals surface area contributed by atoms with Gasteiger partial charge in [0, 0.05) is 0 Å². The molecule has 0 saturated heterocycles. The van der Waals surface area contributed by atoms with Gasteiger partial charge in [0.05, 0.1) is 0 Å². The van der Waals surface area contributed by atoms with Crippen LogP contribution >= 0.6 is 0 Å². The van der Waals surface area contributed by atoms with E-state index in [1.54, 1.807) is 0 Å². The molecule has 0 heterocycles. The molecule has 0 fully saturated rings. The third-order valence-electron chi connectivity index (χ3n) is 0.831. The number of rotatable bonds is 6. The molecule has 0 aromatic rings. The largest absolute Gasteiger partial charge is 0.746 e. The molecule has 0 N–H and O–H groups in total. The zero-order chi connectivity index (χ0) is 10.4. The fraction of sp³-hybridized carbons (Fsp3) is 1.00. The molecule has 0 amide bonds. The molecule has 0 saturated carbocycles. The quantitative estimate of drug-likeness (QED) is 0.616. The van der Waals surface area contributed by atoms with E-state index in [4.69, 9.17) is 8.23 Å². The van der Waals surface area contributed by atoms with E-state index in [0.717, 1.165) is 0 Å². The molecule has 0 aliphatic heterocycles. The van der Waals surface area contributed by atoms with Crippen LogP contribution in [0.1, 0.15) is 0 Å². The van der Waals surface area contributed by atoms with Gasteiger partial charge in [-0.05, 0) is 26.2 Å². The molecular weight excluding hydrogens is 240 g/mol. The maximum Gasteiger partial charge on any atom is 0.746 e. The average molecular weight is 254 g/mol. The third kappa shape index (κ3) is 8.20. The van der Waals surface area contributed by atoms with Crippen molar-refractivity contribution in [2.24, 2.45) is 0 Å². The minimum Gasteiger partial charge on any atom is -0.555 e. The van der Waals surface area contributed by atoms with Crippen molar-refractivity contribution in [2.75, 3.05) is 0 Å². The minimum atomic E-state index is -2.59. The summed E-state index contributed by atoms with van der Waals surface area (Å²) in [5.74, 6) is 0. The maximum absolute atomic E-state index is 11.0. The fourth-order valence-corrected chi connectivity index (χ4v) is 5.38. The van der Waals surface area contributed by atoms with Gasteiger partial charge in [-0.1, -0.05) is 0 Å². The molecule has 0 bridgehead atoms. The summed E-state index contributed by atoms with van der Waals surface area (Å²) in [5, 5.41) is 0. The summed E-state index contributed by atoms with van der Waals surface area (Å²) in [4.78, 5) is 0. The minimum absolute atomic E-state index is 1.38. The van der Waals surface area contributed by atoms with Crippen LogP contribution in [-0.2, 0) is 21.3 Å². The molecule has 9 heteroatoms. The van der Waals surface area contributed by atoms with Gasteiger partial charge in [0.25, 0.3) is 0 Å². The summed E-state index contributed by atoms with van der Waals surface area (Å²) in [5.41, 5.74) is 0. The highest BCUT2D eigenvalue weighted by Gasteiger charge is 2.23. The lowest BCUT2D eigenvalue weighted by molar-refractivity contribution is 0.289. The van der Waals surface area contributed by atoms with Crippen LogP contribution in [0.25, 0.3) is 0 Å². The van der Waals surface area contributed by atoms with Crippen molar-refractivity contribution in [3.63, 3.8) is 0 Å². The van der Waals surface area contributed by atoms with E-state index in [-0.39, 0.29) is 0 Å². The van der Waals surface area contributed by atoms with Gasteiger partial charge in [0.1, 0.15) is 0 Å². The zero-order valence-corrected chi connectivity index (χ0v) is 12.5. The molecule has 0 aromatic carbocycles. The van der Waals surface area contributed by atoms with Crippen molar-refractivity contribution < 1.29 is 21.3 Å². The predicted octanol–water partition coefficient (Wildman–Crippen LogP) is -0.166. The first-order valence-corrected chi connectivity index (χ1v) is 12.0. The van der Waals surface area contributed by atoms with Gasteiger partial charge >= 0.3 is 18.3 Å². The highest BCUT2D eigenvalue weighted by atomic mass is 28.4. The second-order valence-electron chi connectivity index (χ2n) is 2.94. The molecule has 76 valence electrons. The van der Waals surface area contributed by atoms with E-state index in [1.807, 2.05) is 26.2 Å². The normalized spacial score (nSPS) is 10.0. The topological polar surface area (TPSA) is 61.8 Å². The fourth-order valence-electron chi connectivity index (χ4n) is 0.501. The van der Waals surface area contributed by atoms with Crippen LogP contribution < -0.4 is 0 Å². The number of hydrogen-bond donors (Lipinski definition) is 0. The first-order chi connectivity index (χ1) is 5.91. The second-order valence-corrected chi connectivity index (χ2v) is 10.8. The molecule has 0 atom stereocenters. The Bertz CT molecular complexity index is 173. The van der Waals surface area contributed by atoms with Crippen molar-refractivity contribution in [3.8, 4) is 0 Å². The molecule has 13 heavy (non-hydrogen) atoms. The monoisotopic (exact) mass is 254 g/mol. The zero-order valence-electron chi connectivity index (χ0n) is 8.20. The molecule has 0 unspecified atom stereocenters. The molecule has 0 spiro atoms. The van der Waals surface area contributed by atoms with Gasteiger partial charge in [0.2, 0.25) is 18.1 Å². The lowest BCUT2D eigenvalue weighted by atomic mass is 11.9. The lowest BCUT2D eigenvalue weighted by Crippen LogP contribution is -2.28. The molecular formula is C4H14O5Si4. The Morgan fingerprint density at radius 2 is 1.15 bits per heavy atom. The van der Waals surface area contributed by atoms with Crippen molar-refractivity contribution in [1.82, 2.24) is 0 Å². The van der Waals surface area contributed by atoms with Gasteiger partial charge in [0.15, 0.2) is 0 Å². The Balaban J connectivity index is 3.72. The van der Waals surface area contributed by atoms with Crippen LogP contribution in [0.5, 0.6) is 0 Å². The first-order valence-electron chi connectivity index (χ1n) is 4.01. The van der Waals surface area contributed by atoms with E-state index < -0.39 is 36.4 Å². The molecule has 5 nitrogen and oxygen atoms in total. The van der Waals surface area contributed by atoms with E-state index >= 15 is 0 Å².